The molecular weight excluding hydrogens is 236 g/mol. The fraction of sp³-hybridized carbons (Fsp3) is 0.0625. The molecule has 0 atom stereocenters. The minimum atomic E-state index is -0.0721. The lowest BCUT2D eigenvalue weighted by Gasteiger charge is -2.03. The van der Waals surface area contributed by atoms with Gasteiger partial charge in [-0.2, -0.15) is 0 Å². The molecule has 0 fully saturated rings. The predicted octanol–water partition coefficient (Wildman–Crippen LogP) is 2.96. The molecule has 0 aliphatic heterocycles. The van der Waals surface area contributed by atoms with Gasteiger partial charge in [-0.15, -0.1) is 0 Å². The monoisotopic (exact) mass is 250 g/mol. The molecule has 0 unspecified atom stereocenters. The summed E-state index contributed by atoms with van der Waals surface area (Å²) in [4.78, 5) is 11.9. The topological polar surface area (TPSA) is 48.6 Å². The molecule has 19 heavy (non-hydrogen) atoms. The minimum absolute atomic E-state index is 0.0721. The van der Waals surface area contributed by atoms with Crippen LogP contribution < -0.4 is 5.56 Å². The predicted molar refractivity (Wildman–Crippen MR) is 76.1 cm³/mol. The van der Waals surface area contributed by atoms with Crippen molar-refractivity contribution in [1.82, 2.24) is 10.2 Å². The van der Waals surface area contributed by atoms with Crippen molar-refractivity contribution in [3.05, 3.63) is 82.3 Å². The molecule has 0 aliphatic carbocycles. The summed E-state index contributed by atoms with van der Waals surface area (Å²) in [6, 6.07) is 19.8. The first-order valence-corrected chi connectivity index (χ1v) is 6.23. The van der Waals surface area contributed by atoms with Crippen molar-refractivity contribution in [2.24, 2.45) is 0 Å². The molecule has 3 nitrogen and oxygen atoms in total. The molecule has 3 aromatic rings. The molecule has 0 amide bonds. The second-order valence-corrected chi connectivity index (χ2v) is 4.46. The Labute approximate surface area is 110 Å². The molecule has 3 rings (SSSR count). The van der Waals surface area contributed by atoms with Crippen molar-refractivity contribution in [2.45, 2.75) is 6.42 Å². The Hall–Kier alpha value is -2.55. The molecular formula is C16H14N2O. The number of H-pyrrole nitrogens is 2. The van der Waals surface area contributed by atoms with E-state index in [1.165, 1.54) is 5.56 Å². The summed E-state index contributed by atoms with van der Waals surface area (Å²) in [5.74, 6) is 0. The average Bonchev–Trinajstić information content (AvgIpc) is 2.82. The lowest BCUT2D eigenvalue weighted by molar-refractivity contribution is 0.983. The van der Waals surface area contributed by atoms with E-state index in [1.807, 2.05) is 48.5 Å². The summed E-state index contributed by atoms with van der Waals surface area (Å²) in [6.45, 7) is 0. The van der Waals surface area contributed by atoms with E-state index in [1.54, 1.807) is 0 Å². The summed E-state index contributed by atoms with van der Waals surface area (Å²) in [7, 11) is 0. The van der Waals surface area contributed by atoms with Crippen LogP contribution >= 0.6 is 0 Å². The zero-order valence-corrected chi connectivity index (χ0v) is 10.4. The Morgan fingerprint density at radius 3 is 2.11 bits per heavy atom. The SMILES string of the molecule is O=c1[nH][nH]c(Cc2ccccc2)c1-c1ccccc1. The fourth-order valence-corrected chi connectivity index (χ4v) is 2.24. The maximum absolute atomic E-state index is 11.9. The van der Waals surface area contributed by atoms with Crippen molar-refractivity contribution < 1.29 is 0 Å². The van der Waals surface area contributed by atoms with Crippen LogP contribution in [0.3, 0.4) is 0 Å². The molecule has 1 heterocycles. The van der Waals surface area contributed by atoms with E-state index in [-0.39, 0.29) is 5.56 Å². The van der Waals surface area contributed by atoms with Gasteiger partial charge in [0.15, 0.2) is 0 Å². The summed E-state index contributed by atoms with van der Waals surface area (Å²) in [5, 5.41) is 5.66. The summed E-state index contributed by atoms with van der Waals surface area (Å²) in [5.41, 5.74) is 3.69. The number of aromatic amines is 2. The number of hydrogen-bond donors (Lipinski definition) is 2. The van der Waals surface area contributed by atoms with E-state index in [9.17, 15) is 4.79 Å². The van der Waals surface area contributed by atoms with Gasteiger partial charge in [-0.25, -0.2) is 0 Å². The van der Waals surface area contributed by atoms with E-state index >= 15 is 0 Å². The van der Waals surface area contributed by atoms with Crippen molar-refractivity contribution in [3.63, 3.8) is 0 Å². The highest BCUT2D eigenvalue weighted by Gasteiger charge is 2.11. The molecule has 2 aromatic carbocycles. The van der Waals surface area contributed by atoms with Crippen LogP contribution in [-0.2, 0) is 6.42 Å². The molecule has 2 N–H and O–H groups in total. The van der Waals surface area contributed by atoms with Gasteiger partial charge in [0, 0.05) is 12.1 Å². The first kappa shape index (κ1) is 11.5. The molecule has 0 radical (unpaired) electrons. The van der Waals surface area contributed by atoms with Crippen LogP contribution in [0.25, 0.3) is 11.1 Å². The Morgan fingerprint density at radius 1 is 0.789 bits per heavy atom. The van der Waals surface area contributed by atoms with Crippen LogP contribution in [-0.4, -0.2) is 10.2 Å². The van der Waals surface area contributed by atoms with Gasteiger partial charge in [-0.1, -0.05) is 60.7 Å². The van der Waals surface area contributed by atoms with Gasteiger partial charge in [-0.3, -0.25) is 9.89 Å². The summed E-state index contributed by atoms with van der Waals surface area (Å²) < 4.78 is 0. The number of rotatable bonds is 3. The van der Waals surface area contributed by atoms with Gasteiger partial charge < -0.3 is 5.10 Å². The molecule has 3 heteroatoms. The molecule has 0 bridgehead atoms. The third-order valence-corrected chi connectivity index (χ3v) is 3.14. The second kappa shape index (κ2) is 4.98. The van der Waals surface area contributed by atoms with Gasteiger partial charge >= 0.3 is 0 Å². The van der Waals surface area contributed by atoms with Gasteiger partial charge in [0.2, 0.25) is 0 Å². The number of aromatic nitrogens is 2. The van der Waals surface area contributed by atoms with E-state index in [2.05, 4.69) is 22.3 Å². The van der Waals surface area contributed by atoms with Crippen LogP contribution in [0, 0.1) is 0 Å². The molecule has 94 valence electrons. The first-order chi connectivity index (χ1) is 9.34. The maximum Gasteiger partial charge on any atom is 0.272 e. The van der Waals surface area contributed by atoms with Gasteiger partial charge in [-0.05, 0) is 11.1 Å². The zero-order chi connectivity index (χ0) is 13.1. The number of nitrogens with one attached hydrogen (secondary N) is 2. The van der Waals surface area contributed by atoms with Gasteiger partial charge in [0.05, 0.1) is 5.56 Å². The maximum atomic E-state index is 11.9. The Balaban J connectivity index is 2.03. The van der Waals surface area contributed by atoms with Gasteiger partial charge in [0.1, 0.15) is 0 Å². The first-order valence-electron chi connectivity index (χ1n) is 6.23. The largest absolute Gasteiger partial charge is 0.301 e. The highest BCUT2D eigenvalue weighted by Crippen LogP contribution is 2.20. The van der Waals surface area contributed by atoms with E-state index in [0.29, 0.717) is 6.42 Å². The van der Waals surface area contributed by atoms with Gasteiger partial charge in [0.25, 0.3) is 5.56 Å². The lowest BCUT2D eigenvalue weighted by atomic mass is 10.0. The second-order valence-electron chi connectivity index (χ2n) is 4.46. The van der Waals surface area contributed by atoms with Crippen LogP contribution in [0.1, 0.15) is 11.3 Å². The number of hydrogen-bond acceptors (Lipinski definition) is 1. The number of benzene rings is 2. The van der Waals surface area contributed by atoms with E-state index in [0.717, 1.165) is 16.8 Å². The average molecular weight is 250 g/mol. The quantitative estimate of drug-likeness (QED) is 0.737. The molecule has 0 saturated carbocycles. The molecule has 0 spiro atoms. The molecule has 1 aromatic heterocycles. The molecule has 0 aliphatic rings. The normalized spacial score (nSPS) is 10.5. The third-order valence-electron chi connectivity index (χ3n) is 3.14. The van der Waals surface area contributed by atoms with Crippen LogP contribution in [0.2, 0.25) is 0 Å². The fourth-order valence-electron chi connectivity index (χ4n) is 2.24. The van der Waals surface area contributed by atoms with Crippen molar-refractivity contribution in [3.8, 4) is 11.1 Å². The third kappa shape index (κ3) is 2.36. The van der Waals surface area contributed by atoms with Crippen molar-refractivity contribution in [1.29, 1.82) is 0 Å². The Bertz CT molecular complexity index is 711. The van der Waals surface area contributed by atoms with Crippen LogP contribution in [0.15, 0.2) is 65.5 Å². The van der Waals surface area contributed by atoms with E-state index < -0.39 is 0 Å². The zero-order valence-electron chi connectivity index (χ0n) is 10.4. The van der Waals surface area contributed by atoms with Crippen LogP contribution in [0.5, 0.6) is 0 Å². The summed E-state index contributed by atoms with van der Waals surface area (Å²) in [6.07, 6.45) is 0.712. The Morgan fingerprint density at radius 2 is 1.42 bits per heavy atom. The van der Waals surface area contributed by atoms with Crippen LogP contribution in [0.4, 0.5) is 0 Å². The molecule has 0 saturated heterocycles. The highest BCUT2D eigenvalue weighted by molar-refractivity contribution is 5.65. The smallest absolute Gasteiger partial charge is 0.272 e. The lowest BCUT2D eigenvalue weighted by Crippen LogP contribution is -2.02. The minimum Gasteiger partial charge on any atom is -0.301 e. The highest BCUT2D eigenvalue weighted by atomic mass is 16.1. The standard InChI is InChI=1S/C16H14N2O/c19-16-15(13-9-5-2-6-10-13)14(17-18-16)11-12-7-3-1-4-8-12/h1-10H,11H2,(H2,17,18,19). The summed E-state index contributed by atoms with van der Waals surface area (Å²) >= 11 is 0. The van der Waals surface area contributed by atoms with Crippen molar-refractivity contribution in [2.75, 3.05) is 0 Å². The van der Waals surface area contributed by atoms with E-state index in [4.69, 9.17) is 0 Å². The van der Waals surface area contributed by atoms with Crippen molar-refractivity contribution >= 4 is 0 Å². The Kier molecular flexibility index (Phi) is 3.02.